The van der Waals surface area contributed by atoms with E-state index in [1.165, 1.54) is 0 Å². The van der Waals surface area contributed by atoms with E-state index < -0.39 is 17.5 Å². The van der Waals surface area contributed by atoms with Crippen LogP contribution in [0.2, 0.25) is 0 Å². The molecule has 9 heteroatoms. The lowest BCUT2D eigenvalue weighted by Crippen LogP contribution is -2.19. The lowest BCUT2D eigenvalue weighted by atomic mass is 9.93. The zero-order valence-electron chi connectivity index (χ0n) is 20.6. The van der Waals surface area contributed by atoms with Gasteiger partial charge in [-0.1, -0.05) is 78.0 Å². The second-order valence-corrected chi connectivity index (χ2v) is 9.80. The minimum Gasteiger partial charge on any atom is -0.481 e. The van der Waals surface area contributed by atoms with Gasteiger partial charge in [0.15, 0.2) is 5.76 Å². The van der Waals surface area contributed by atoms with Crippen LogP contribution in [0.5, 0.6) is 0 Å². The third-order valence-electron chi connectivity index (χ3n) is 6.75. The molecular formula is C29H25FN2O5S. The van der Waals surface area contributed by atoms with Crippen LogP contribution in [0.15, 0.2) is 77.3 Å². The topological polar surface area (TPSA) is 102 Å². The van der Waals surface area contributed by atoms with Crippen molar-refractivity contribution in [3.63, 3.8) is 0 Å². The van der Waals surface area contributed by atoms with Crippen LogP contribution >= 0.6 is 12.1 Å². The number of benzene rings is 3. The van der Waals surface area contributed by atoms with E-state index in [9.17, 15) is 18.6 Å². The fraction of sp³-hybridized carbons (Fsp3) is 0.207. The van der Waals surface area contributed by atoms with Crippen molar-refractivity contribution in [3.05, 3.63) is 95.2 Å². The lowest BCUT2D eigenvalue weighted by molar-refractivity contribution is -0.140. The summed E-state index contributed by atoms with van der Waals surface area (Å²) in [6.45, 7) is 1.76. The van der Waals surface area contributed by atoms with Crippen molar-refractivity contribution < 1.29 is 27.8 Å². The van der Waals surface area contributed by atoms with Crippen molar-refractivity contribution >= 4 is 29.9 Å². The molecule has 1 heterocycles. The summed E-state index contributed by atoms with van der Waals surface area (Å²) in [5.74, 6) is -0.133. The maximum absolute atomic E-state index is 12.5. The molecule has 38 heavy (non-hydrogen) atoms. The maximum atomic E-state index is 12.5. The summed E-state index contributed by atoms with van der Waals surface area (Å²) in [6, 6.07) is 22.4. The number of amides is 1. The number of halogens is 1. The number of nitrogens with one attached hydrogen (secondary N) is 1. The Kier molecular flexibility index (Phi) is 7.20. The average molecular weight is 533 g/mol. The molecule has 1 aliphatic rings. The van der Waals surface area contributed by atoms with Crippen LogP contribution in [0.25, 0.3) is 22.5 Å². The van der Waals surface area contributed by atoms with Crippen LogP contribution in [-0.4, -0.2) is 22.3 Å². The van der Waals surface area contributed by atoms with Crippen LogP contribution in [0.1, 0.15) is 35.2 Å². The Morgan fingerprint density at radius 2 is 1.66 bits per heavy atom. The van der Waals surface area contributed by atoms with Gasteiger partial charge >= 0.3 is 12.1 Å². The quantitative estimate of drug-likeness (QED) is 0.233. The number of carbonyl (C=O) groups is 2. The first-order chi connectivity index (χ1) is 18.4. The maximum Gasteiger partial charge on any atom is 0.412 e. The number of aromatic nitrogens is 1. The first-order valence-electron chi connectivity index (χ1n) is 12.1. The molecule has 1 aliphatic carbocycles. The Hall–Kier alpha value is -4.11. The highest BCUT2D eigenvalue weighted by Gasteiger charge is 2.51. The zero-order valence-corrected chi connectivity index (χ0v) is 21.4. The van der Waals surface area contributed by atoms with Crippen molar-refractivity contribution in [2.24, 2.45) is 0 Å². The van der Waals surface area contributed by atoms with Gasteiger partial charge in [0.2, 0.25) is 0 Å². The molecule has 0 unspecified atom stereocenters. The molecule has 0 radical (unpaired) electrons. The number of hydrogen-bond acceptors (Lipinski definition) is 6. The summed E-state index contributed by atoms with van der Waals surface area (Å²) in [7, 11) is 0. The van der Waals surface area contributed by atoms with Gasteiger partial charge in [-0.3, -0.25) is 10.1 Å². The van der Waals surface area contributed by atoms with Crippen molar-refractivity contribution in [1.29, 1.82) is 0 Å². The predicted molar refractivity (Wildman–Crippen MR) is 143 cm³/mol. The molecule has 2 N–H and O–H groups in total. The first-order valence-corrected chi connectivity index (χ1v) is 12.9. The molecule has 1 fully saturated rings. The van der Waals surface area contributed by atoms with Crippen molar-refractivity contribution in [2.45, 2.75) is 37.5 Å². The van der Waals surface area contributed by atoms with Gasteiger partial charge in [-0.15, -0.1) is 0 Å². The molecule has 0 saturated heterocycles. The molecule has 0 atom stereocenters. The number of anilines is 1. The minimum atomic E-state index is -0.771. The Balaban J connectivity index is 1.26. The molecule has 194 valence electrons. The number of rotatable bonds is 9. The summed E-state index contributed by atoms with van der Waals surface area (Å²) in [6.07, 6.45) is 0.683. The van der Waals surface area contributed by atoms with Gasteiger partial charge in [0.05, 0.1) is 11.2 Å². The molecule has 1 aromatic heterocycles. The van der Waals surface area contributed by atoms with E-state index in [1.54, 1.807) is 25.1 Å². The molecule has 0 spiro atoms. The number of aliphatic carboxylic acids is 1. The summed E-state index contributed by atoms with van der Waals surface area (Å²) in [5.41, 5.74) is 5.23. The molecule has 1 amide bonds. The van der Waals surface area contributed by atoms with Crippen LogP contribution in [0, 0.1) is 6.92 Å². The summed E-state index contributed by atoms with van der Waals surface area (Å²) in [4.78, 5) is 24.1. The van der Waals surface area contributed by atoms with Gasteiger partial charge in [-0.25, -0.2) is 4.79 Å². The predicted octanol–water partition coefficient (Wildman–Crippen LogP) is 7.30. The molecular weight excluding hydrogens is 507 g/mol. The van der Waals surface area contributed by atoms with Crippen LogP contribution in [0.3, 0.4) is 0 Å². The van der Waals surface area contributed by atoms with Gasteiger partial charge in [0, 0.05) is 17.7 Å². The van der Waals surface area contributed by atoms with Gasteiger partial charge in [-0.2, -0.15) is 3.89 Å². The highest BCUT2D eigenvalue weighted by molar-refractivity contribution is 7.93. The molecule has 1 saturated carbocycles. The summed E-state index contributed by atoms with van der Waals surface area (Å²) in [5, 5.41) is 16.2. The number of nitrogens with zero attached hydrogens (tertiary/aromatic N) is 1. The van der Waals surface area contributed by atoms with Crippen LogP contribution in [0.4, 0.5) is 14.4 Å². The standard InChI is InChI=1S/C29H25FN2O5S/c1-18-25(31-28(35)36-16-19-3-2-4-20(15-19)17-38-30)26(37-32-18)23-7-5-21(6-8-23)22-9-11-24(12-10-22)29(13-14-29)27(33)34/h2-12,15H,13-14,16-17H2,1H3,(H,31,35)(H,33,34). The van der Waals surface area contributed by atoms with Crippen LogP contribution in [-0.2, 0) is 27.3 Å². The number of hydrogen-bond donors (Lipinski definition) is 2. The fourth-order valence-electron chi connectivity index (χ4n) is 4.42. The zero-order chi connectivity index (χ0) is 26.7. The van der Waals surface area contributed by atoms with E-state index in [1.807, 2.05) is 54.6 Å². The van der Waals surface area contributed by atoms with Crippen LogP contribution < -0.4 is 5.32 Å². The fourth-order valence-corrected chi connectivity index (χ4v) is 4.73. The number of carbonyl (C=O) groups excluding carboxylic acids is 1. The number of carboxylic acids is 1. The molecule has 4 aromatic rings. The third-order valence-corrected chi connectivity index (χ3v) is 7.19. The van der Waals surface area contributed by atoms with E-state index in [0.717, 1.165) is 33.4 Å². The second-order valence-electron chi connectivity index (χ2n) is 9.29. The number of carboxylic acid groups (broad SMARTS) is 1. The van der Waals surface area contributed by atoms with Crippen molar-refractivity contribution in [2.75, 3.05) is 5.32 Å². The largest absolute Gasteiger partial charge is 0.481 e. The summed E-state index contributed by atoms with van der Waals surface area (Å²) < 4.78 is 23.4. The molecule has 3 aromatic carbocycles. The highest BCUT2D eigenvalue weighted by Crippen LogP contribution is 2.48. The Labute approximate surface area is 223 Å². The van der Waals surface area contributed by atoms with Gasteiger partial charge in [-0.05, 0) is 47.6 Å². The monoisotopic (exact) mass is 532 g/mol. The minimum absolute atomic E-state index is 0.0390. The highest BCUT2D eigenvalue weighted by atomic mass is 32.2. The average Bonchev–Trinajstić information content (AvgIpc) is 3.67. The second kappa shape index (κ2) is 10.7. The smallest absolute Gasteiger partial charge is 0.412 e. The third kappa shape index (κ3) is 5.28. The lowest BCUT2D eigenvalue weighted by Gasteiger charge is -2.11. The van der Waals surface area contributed by atoms with E-state index in [-0.39, 0.29) is 24.5 Å². The first kappa shape index (κ1) is 25.5. The normalized spacial score (nSPS) is 13.6. The molecule has 5 rings (SSSR count). The van der Waals surface area contributed by atoms with Crippen molar-refractivity contribution in [1.82, 2.24) is 5.16 Å². The van der Waals surface area contributed by atoms with E-state index >= 15 is 0 Å². The van der Waals surface area contributed by atoms with Gasteiger partial charge in [0.1, 0.15) is 18.0 Å². The molecule has 7 nitrogen and oxygen atoms in total. The molecule has 0 bridgehead atoms. The van der Waals surface area contributed by atoms with E-state index in [4.69, 9.17) is 9.26 Å². The molecule has 0 aliphatic heterocycles. The van der Waals surface area contributed by atoms with Gasteiger partial charge in [0.25, 0.3) is 0 Å². The Bertz CT molecular complexity index is 1460. The number of ether oxygens (including phenoxy) is 1. The SMILES string of the molecule is Cc1noc(-c2ccc(-c3ccc(C4(C(=O)O)CC4)cc3)cc2)c1NC(=O)OCc1cccc(CSF)c1. The van der Waals surface area contributed by atoms with E-state index in [0.29, 0.717) is 30.0 Å². The Morgan fingerprint density at radius 3 is 2.29 bits per heavy atom. The Morgan fingerprint density at radius 1 is 1.03 bits per heavy atom. The van der Waals surface area contributed by atoms with E-state index in [2.05, 4.69) is 10.5 Å². The number of aryl methyl sites for hydroxylation is 1. The van der Waals surface area contributed by atoms with Crippen molar-refractivity contribution in [3.8, 4) is 22.5 Å². The van der Waals surface area contributed by atoms with Gasteiger partial charge < -0.3 is 14.4 Å². The summed E-state index contributed by atoms with van der Waals surface area (Å²) >= 11 is 0.239.